The molecule has 0 spiro atoms. The van der Waals surface area contributed by atoms with E-state index < -0.39 is 12.7 Å². The Kier molecular flexibility index (Phi) is 4.86. The van der Waals surface area contributed by atoms with Gasteiger partial charge in [-0.05, 0) is 12.1 Å². The Morgan fingerprint density at radius 3 is 2.71 bits per heavy atom. The third-order valence-electron chi connectivity index (χ3n) is 1.99. The zero-order valence-corrected chi connectivity index (χ0v) is 9.92. The number of aromatic nitrogens is 1. The van der Waals surface area contributed by atoms with Gasteiger partial charge in [-0.2, -0.15) is 13.2 Å². The van der Waals surface area contributed by atoms with E-state index in [-0.39, 0.29) is 18.2 Å². The highest BCUT2D eigenvalue weighted by Crippen LogP contribution is 2.27. The second-order valence-corrected chi connectivity index (χ2v) is 3.63. The number of rotatable bonds is 5. The molecule has 17 heavy (non-hydrogen) atoms. The molecule has 1 heterocycles. The lowest BCUT2D eigenvalue weighted by Gasteiger charge is -2.25. The fourth-order valence-electron chi connectivity index (χ4n) is 1.36. The van der Waals surface area contributed by atoms with Crippen LogP contribution in [0.4, 0.5) is 19.0 Å². The van der Waals surface area contributed by atoms with E-state index in [1.165, 1.54) is 13.3 Å². The molecule has 3 nitrogen and oxygen atoms in total. The fraction of sp³-hybridized carbons (Fsp3) is 0.500. The Bertz CT molecular complexity index is 360. The van der Waals surface area contributed by atoms with Crippen LogP contribution < -0.4 is 9.64 Å². The topological polar surface area (TPSA) is 25.4 Å². The SMILES string of the molecule is COc1cccnc1N(CCCl)CC(F)(F)F. The molecule has 0 saturated heterocycles. The number of ether oxygens (including phenoxy) is 1. The molecule has 0 aromatic carbocycles. The predicted molar refractivity (Wildman–Crippen MR) is 59.8 cm³/mol. The van der Waals surface area contributed by atoms with E-state index in [2.05, 4.69) is 4.98 Å². The number of anilines is 1. The normalized spacial score (nSPS) is 11.4. The summed E-state index contributed by atoms with van der Waals surface area (Å²) >= 11 is 5.49. The highest BCUT2D eigenvalue weighted by molar-refractivity contribution is 6.18. The molecule has 0 N–H and O–H groups in total. The molecule has 7 heteroatoms. The number of alkyl halides is 4. The Morgan fingerprint density at radius 2 is 2.18 bits per heavy atom. The van der Waals surface area contributed by atoms with Crippen molar-refractivity contribution in [3.05, 3.63) is 18.3 Å². The van der Waals surface area contributed by atoms with Crippen LogP contribution in [0, 0.1) is 0 Å². The summed E-state index contributed by atoms with van der Waals surface area (Å²) < 4.78 is 42.2. The van der Waals surface area contributed by atoms with Crippen LogP contribution in [0.1, 0.15) is 0 Å². The van der Waals surface area contributed by atoms with Crippen molar-refractivity contribution in [1.82, 2.24) is 4.98 Å². The van der Waals surface area contributed by atoms with Gasteiger partial charge < -0.3 is 9.64 Å². The Morgan fingerprint density at radius 1 is 1.47 bits per heavy atom. The Hall–Kier alpha value is -1.17. The van der Waals surface area contributed by atoms with Gasteiger partial charge in [-0.25, -0.2) is 4.98 Å². The van der Waals surface area contributed by atoms with Crippen molar-refractivity contribution < 1.29 is 17.9 Å². The molecular weight excluding hydrogens is 257 g/mol. The van der Waals surface area contributed by atoms with Gasteiger partial charge >= 0.3 is 6.18 Å². The summed E-state index contributed by atoms with van der Waals surface area (Å²) in [6.07, 6.45) is -2.90. The number of methoxy groups -OCH3 is 1. The third-order valence-corrected chi connectivity index (χ3v) is 2.16. The summed E-state index contributed by atoms with van der Waals surface area (Å²) in [6.45, 7) is -1.05. The van der Waals surface area contributed by atoms with E-state index in [0.717, 1.165) is 4.90 Å². The van der Waals surface area contributed by atoms with Gasteiger partial charge in [0.05, 0.1) is 7.11 Å². The number of nitrogens with zero attached hydrogens (tertiary/aromatic N) is 2. The second-order valence-electron chi connectivity index (χ2n) is 3.25. The lowest BCUT2D eigenvalue weighted by atomic mass is 10.3. The van der Waals surface area contributed by atoms with E-state index in [1.54, 1.807) is 12.1 Å². The molecule has 1 rings (SSSR count). The van der Waals surface area contributed by atoms with Gasteiger partial charge in [0.25, 0.3) is 0 Å². The van der Waals surface area contributed by atoms with Gasteiger partial charge in [-0.3, -0.25) is 0 Å². The quantitative estimate of drug-likeness (QED) is 0.768. The van der Waals surface area contributed by atoms with Crippen molar-refractivity contribution in [2.75, 3.05) is 31.0 Å². The van der Waals surface area contributed by atoms with Gasteiger partial charge in [0.1, 0.15) is 6.54 Å². The lowest BCUT2D eigenvalue weighted by Crippen LogP contribution is -2.36. The average molecular weight is 269 g/mol. The van der Waals surface area contributed by atoms with Crippen LogP contribution in [0.5, 0.6) is 5.75 Å². The first-order valence-electron chi connectivity index (χ1n) is 4.84. The maximum atomic E-state index is 12.4. The summed E-state index contributed by atoms with van der Waals surface area (Å²) in [5.41, 5.74) is 0. The van der Waals surface area contributed by atoms with Crippen LogP contribution in [-0.4, -0.2) is 37.2 Å². The molecule has 0 atom stereocenters. The summed E-state index contributed by atoms with van der Waals surface area (Å²) in [6, 6.07) is 3.15. The molecule has 1 aromatic rings. The van der Waals surface area contributed by atoms with Gasteiger partial charge in [-0.15, -0.1) is 11.6 Å². The molecule has 0 amide bonds. The molecule has 96 valence electrons. The zero-order valence-electron chi connectivity index (χ0n) is 9.17. The molecule has 0 saturated carbocycles. The van der Waals surface area contributed by atoms with E-state index in [0.29, 0.717) is 5.75 Å². The first kappa shape index (κ1) is 13.9. The fourth-order valence-corrected chi connectivity index (χ4v) is 1.56. The van der Waals surface area contributed by atoms with Crippen molar-refractivity contribution in [1.29, 1.82) is 0 Å². The number of pyridine rings is 1. The van der Waals surface area contributed by atoms with Crippen LogP contribution in [0.15, 0.2) is 18.3 Å². The van der Waals surface area contributed by atoms with Gasteiger partial charge in [-0.1, -0.05) is 0 Å². The van der Waals surface area contributed by atoms with Crippen LogP contribution in [-0.2, 0) is 0 Å². The molecular formula is C10H12ClF3N2O. The highest BCUT2D eigenvalue weighted by atomic mass is 35.5. The average Bonchev–Trinajstić information content (AvgIpc) is 2.27. The molecule has 0 unspecified atom stereocenters. The van der Waals surface area contributed by atoms with Crippen LogP contribution in [0.3, 0.4) is 0 Å². The van der Waals surface area contributed by atoms with E-state index >= 15 is 0 Å². The molecule has 0 bridgehead atoms. The van der Waals surface area contributed by atoms with Crippen LogP contribution in [0.2, 0.25) is 0 Å². The number of hydrogen-bond acceptors (Lipinski definition) is 3. The summed E-state index contributed by atoms with van der Waals surface area (Å²) in [7, 11) is 1.38. The molecule has 0 fully saturated rings. The molecule has 0 radical (unpaired) electrons. The van der Waals surface area contributed by atoms with Gasteiger partial charge in [0.2, 0.25) is 0 Å². The van der Waals surface area contributed by atoms with Crippen molar-refractivity contribution in [2.45, 2.75) is 6.18 Å². The summed E-state index contributed by atoms with van der Waals surface area (Å²) in [5, 5.41) is 0. The van der Waals surface area contributed by atoms with Crippen molar-refractivity contribution in [3.63, 3.8) is 0 Å². The largest absolute Gasteiger partial charge is 0.493 e. The minimum Gasteiger partial charge on any atom is -0.493 e. The second kappa shape index (κ2) is 5.95. The number of halogens is 4. The highest BCUT2D eigenvalue weighted by Gasteiger charge is 2.32. The Balaban J connectivity index is 2.96. The number of hydrogen-bond donors (Lipinski definition) is 0. The van der Waals surface area contributed by atoms with Crippen molar-refractivity contribution >= 4 is 17.4 Å². The predicted octanol–water partition coefficient (Wildman–Crippen LogP) is 2.70. The Labute approximate surface area is 102 Å². The third kappa shape index (κ3) is 4.30. The van der Waals surface area contributed by atoms with E-state index in [1.807, 2.05) is 0 Å². The van der Waals surface area contributed by atoms with E-state index in [4.69, 9.17) is 16.3 Å². The van der Waals surface area contributed by atoms with E-state index in [9.17, 15) is 13.2 Å². The first-order chi connectivity index (χ1) is 7.98. The minimum absolute atomic E-state index is 0.0500. The summed E-state index contributed by atoms with van der Waals surface area (Å²) in [4.78, 5) is 4.94. The summed E-state index contributed by atoms with van der Waals surface area (Å²) in [5.74, 6) is 0.519. The van der Waals surface area contributed by atoms with Crippen LogP contribution in [0.25, 0.3) is 0 Å². The first-order valence-corrected chi connectivity index (χ1v) is 5.38. The monoisotopic (exact) mass is 268 g/mol. The van der Waals surface area contributed by atoms with Gasteiger partial charge in [0.15, 0.2) is 11.6 Å². The maximum Gasteiger partial charge on any atom is 0.405 e. The molecule has 1 aromatic heterocycles. The van der Waals surface area contributed by atoms with Crippen molar-refractivity contribution in [2.24, 2.45) is 0 Å². The molecule has 0 aliphatic rings. The zero-order chi connectivity index (χ0) is 12.9. The van der Waals surface area contributed by atoms with Gasteiger partial charge in [0, 0.05) is 18.6 Å². The maximum absolute atomic E-state index is 12.4. The van der Waals surface area contributed by atoms with Crippen LogP contribution >= 0.6 is 11.6 Å². The molecule has 0 aliphatic carbocycles. The van der Waals surface area contributed by atoms with Crippen molar-refractivity contribution in [3.8, 4) is 5.75 Å². The lowest BCUT2D eigenvalue weighted by molar-refractivity contribution is -0.119. The molecule has 0 aliphatic heterocycles. The smallest absolute Gasteiger partial charge is 0.405 e. The standard InChI is InChI=1S/C10H12ClF3N2O/c1-17-8-3-2-5-15-9(8)16(6-4-11)7-10(12,13)14/h2-3,5H,4,6-7H2,1H3. The minimum atomic E-state index is -4.31.